The van der Waals surface area contributed by atoms with E-state index < -0.39 is 0 Å². The zero-order valence-corrected chi connectivity index (χ0v) is 13.3. The predicted molar refractivity (Wildman–Crippen MR) is 87.7 cm³/mol. The molecule has 2 radical (unpaired) electrons. The number of hydrogen-bond acceptors (Lipinski definition) is 2. The van der Waals surface area contributed by atoms with E-state index >= 15 is 0 Å². The van der Waals surface area contributed by atoms with Gasteiger partial charge in [-0.1, -0.05) is 37.0 Å². The highest BCUT2D eigenvalue weighted by molar-refractivity contribution is 5.66. The second-order valence-electron chi connectivity index (χ2n) is 6.44. The summed E-state index contributed by atoms with van der Waals surface area (Å²) in [7, 11) is 0. The molecule has 0 spiro atoms. The normalized spacial score (nSPS) is 19.7. The van der Waals surface area contributed by atoms with Crippen LogP contribution in [0.4, 0.5) is 5.69 Å². The summed E-state index contributed by atoms with van der Waals surface area (Å²) in [6, 6.07) is 4.91. The van der Waals surface area contributed by atoms with Crippen molar-refractivity contribution >= 4 is 5.69 Å². The zero-order chi connectivity index (χ0) is 15.0. The third-order valence-corrected chi connectivity index (χ3v) is 4.69. The smallest absolute Gasteiger partial charge is 0.126 e. The van der Waals surface area contributed by atoms with Crippen LogP contribution in [0.15, 0.2) is 30.4 Å². The number of aryl methyl sites for hydroxylation is 3. The molecule has 1 aliphatic heterocycles. The maximum absolute atomic E-state index is 8.57. The van der Waals surface area contributed by atoms with Gasteiger partial charge in [-0.3, -0.25) is 0 Å². The molecule has 0 bridgehead atoms. The summed E-state index contributed by atoms with van der Waals surface area (Å²) >= 11 is 0. The number of nitrogens with zero attached hydrogens (tertiary/aromatic N) is 2. The van der Waals surface area contributed by atoms with Crippen molar-refractivity contribution in [1.82, 2.24) is 4.90 Å². The zero-order valence-electron chi connectivity index (χ0n) is 13.3. The fraction of sp³-hybridized carbons (Fsp3) is 0.474. The topological polar surface area (TPSA) is 6.48 Å². The third-order valence-electron chi connectivity index (χ3n) is 4.69. The van der Waals surface area contributed by atoms with E-state index in [-0.39, 0.29) is 0 Å². The van der Waals surface area contributed by atoms with Crippen LogP contribution >= 0.6 is 0 Å². The molecule has 1 aromatic rings. The highest BCUT2D eigenvalue weighted by Crippen LogP contribution is 2.36. The predicted octanol–water partition coefficient (Wildman–Crippen LogP) is 4.69. The molecular formula is C19H24N2. The minimum absolute atomic E-state index is 0.513. The van der Waals surface area contributed by atoms with E-state index in [9.17, 15) is 0 Å². The summed E-state index contributed by atoms with van der Waals surface area (Å²) in [6.07, 6.45) is 10.5. The molecule has 2 heteroatoms. The van der Waals surface area contributed by atoms with E-state index in [2.05, 4.69) is 50.2 Å². The third kappa shape index (κ3) is 2.59. The van der Waals surface area contributed by atoms with Gasteiger partial charge >= 0.3 is 0 Å². The Balaban J connectivity index is 1.86. The number of anilines is 1. The van der Waals surface area contributed by atoms with Crippen molar-refractivity contribution in [3.05, 3.63) is 53.6 Å². The van der Waals surface area contributed by atoms with Crippen LogP contribution in [0.3, 0.4) is 0 Å². The molecule has 3 rings (SSSR count). The Bertz CT molecular complexity index is 556. The van der Waals surface area contributed by atoms with Crippen molar-refractivity contribution in [1.29, 1.82) is 0 Å². The lowest BCUT2D eigenvalue weighted by atomic mass is 9.94. The molecule has 2 nitrogen and oxygen atoms in total. The van der Waals surface area contributed by atoms with E-state index in [1.807, 2.05) is 4.90 Å². The molecule has 1 fully saturated rings. The Labute approximate surface area is 128 Å². The molecule has 1 heterocycles. The van der Waals surface area contributed by atoms with Gasteiger partial charge in [0.15, 0.2) is 0 Å². The molecule has 1 saturated carbocycles. The average Bonchev–Trinajstić information content (AvgIpc) is 2.81. The first-order valence-electron chi connectivity index (χ1n) is 8.00. The van der Waals surface area contributed by atoms with Gasteiger partial charge in [-0.15, -0.1) is 0 Å². The Morgan fingerprint density at radius 3 is 2.19 bits per heavy atom. The lowest BCUT2D eigenvalue weighted by Gasteiger charge is -2.34. The second-order valence-corrected chi connectivity index (χ2v) is 6.44. The van der Waals surface area contributed by atoms with Crippen molar-refractivity contribution < 1.29 is 0 Å². The van der Waals surface area contributed by atoms with E-state index in [0.29, 0.717) is 11.9 Å². The summed E-state index contributed by atoms with van der Waals surface area (Å²) in [5.41, 5.74) is 4.94. The molecule has 0 N–H and O–H groups in total. The van der Waals surface area contributed by atoms with Gasteiger partial charge in [-0.05, 0) is 44.7 Å². The maximum atomic E-state index is 8.57. The number of rotatable bonds is 2. The summed E-state index contributed by atoms with van der Waals surface area (Å²) in [6.45, 7) is 15.0. The van der Waals surface area contributed by atoms with Gasteiger partial charge in [-0.25, -0.2) is 0 Å². The summed E-state index contributed by atoms with van der Waals surface area (Å²) in [4.78, 5) is 4.20. The Hall–Kier alpha value is -1.70. The van der Waals surface area contributed by atoms with Crippen molar-refractivity contribution in [3.63, 3.8) is 0 Å². The molecule has 0 atom stereocenters. The Kier molecular flexibility index (Phi) is 3.79. The summed E-state index contributed by atoms with van der Waals surface area (Å²) in [5, 5.41) is 0. The van der Waals surface area contributed by atoms with Gasteiger partial charge in [0.05, 0.1) is 5.69 Å². The minimum Gasteiger partial charge on any atom is -0.329 e. The second kappa shape index (κ2) is 5.59. The van der Waals surface area contributed by atoms with Crippen LogP contribution in [-0.4, -0.2) is 10.9 Å². The SMILES string of the molecule is [C]=C1N(c2c(C)cc(C)cc2C)C=CN1C1CCCCC1. The van der Waals surface area contributed by atoms with Crippen molar-refractivity contribution in [2.45, 2.75) is 58.9 Å². The van der Waals surface area contributed by atoms with Crippen LogP contribution in [-0.2, 0) is 0 Å². The molecule has 0 unspecified atom stereocenters. The molecular weight excluding hydrogens is 256 g/mol. The van der Waals surface area contributed by atoms with E-state index in [1.165, 1.54) is 54.5 Å². The fourth-order valence-corrected chi connectivity index (χ4v) is 3.79. The molecule has 1 aliphatic carbocycles. The first-order chi connectivity index (χ1) is 10.1. The highest BCUT2D eigenvalue weighted by atomic mass is 15.4. The van der Waals surface area contributed by atoms with Gasteiger partial charge in [0, 0.05) is 25.0 Å². The lowest BCUT2D eigenvalue weighted by molar-refractivity contribution is 0.266. The summed E-state index contributed by atoms with van der Waals surface area (Å²) in [5.74, 6) is 0.608. The van der Waals surface area contributed by atoms with Crippen LogP contribution in [0, 0.1) is 27.4 Å². The fourth-order valence-electron chi connectivity index (χ4n) is 3.79. The van der Waals surface area contributed by atoms with Crippen molar-refractivity contribution in [3.8, 4) is 0 Å². The molecule has 21 heavy (non-hydrogen) atoms. The van der Waals surface area contributed by atoms with Gasteiger partial charge in [0.1, 0.15) is 5.82 Å². The number of benzene rings is 1. The first kappa shape index (κ1) is 14.2. The molecule has 2 aliphatic rings. The highest BCUT2D eigenvalue weighted by Gasteiger charge is 2.28. The quantitative estimate of drug-likeness (QED) is 0.775. The lowest BCUT2D eigenvalue weighted by Crippen LogP contribution is -2.33. The minimum atomic E-state index is 0.513. The number of hydrogen-bond donors (Lipinski definition) is 0. The molecule has 110 valence electrons. The van der Waals surface area contributed by atoms with Gasteiger partial charge in [0.25, 0.3) is 0 Å². The average molecular weight is 280 g/mol. The van der Waals surface area contributed by atoms with E-state index in [0.717, 1.165) is 0 Å². The summed E-state index contributed by atoms with van der Waals surface area (Å²) < 4.78 is 0. The first-order valence-corrected chi connectivity index (χ1v) is 8.00. The van der Waals surface area contributed by atoms with Crippen LogP contribution in [0.1, 0.15) is 48.8 Å². The van der Waals surface area contributed by atoms with Crippen LogP contribution in [0.5, 0.6) is 0 Å². The van der Waals surface area contributed by atoms with Crippen molar-refractivity contribution in [2.24, 2.45) is 0 Å². The van der Waals surface area contributed by atoms with Crippen LogP contribution in [0.2, 0.25) is 0 Å². The molecule has 0 saturated heterocycles. The molecule has 0 aromatic heterocycles. The Morgan fingerprint density at radius 1 is 0.952 bits per heavy atom. The maximum Gasteiger partial charge on any atom is 0.126 e. The van der Waals surface area contributed by atoms with Crippen LogP contribution < -0.4 is 4.90 Å². The molecule has 1 aromatic carbocycles. The van der Waals surface area contributed by atoms with Crippen molar-refractivity contribution in [2.75, 3.05) is 4.90 Å². The van der Waals surface area contributed by atoms with E-state index in [4.69, 9.17) is 6.58 Å². The van der Waals surface area contributed by atoms with Gasteiger partial charge < -0.3 is 9.80 Å². The van der Waals surface area contributed by atoms with E-state index in [1.54, 1.807) is 0 Å². The standard InChI is InChI=1S/C19H24N2/c1-14-12-15(2)19(16(3)13-14)21-11-10-20(17(21)4)18-8-6-5-7-9-18/h10-13,18H,5-9H2,1-3H3. The van der Waals surface area contributed by atoms with Gasteiger partial charge in [-0.2, -0.15) is 0 Å². The molecule has 0 amide bonds. The largest absolute Gasteiger partial charge is 0.329 e. The Morgan fingerprint density at radius 2 is 1.57 bits per heavy atom. The monoisotopic (exact) mass is 280 g/mol. The van der Waals surface area contributed by atoms with Crippen LogP contribution in [0.25, 0.3) is 0 Å². The van der Waals surface area contributed by atoms with Gasteiger partial charge in [0.2, 0.25) is 0 Å².